The fourth-order valence-corrected chi connectivity index (χ4v) is 2.53. The van der Waals surface area contributed by atoms with Crippen molar-refractivity contribution in [1.29, 1.82) is 0 Å². The third-order valence-corrected chi connectivity index (χ3v) is 3.49. The third-order valence-electron chi connectivity index (χ3n) is 2.62. The first-order valence-corrected chi connectivity index (χ1v) is 6.42. The average molecular weight is 271 g/mol. The predicted octanol–water partition coefficient (Wildman–Crippen LogP) is 3.15. The lowest BCUT2D eigenvalue weighted by Gasteiger charge is -2.04. The highest BCUT2D eigenvalue weighted by molar-refractivity contribution is 7.11. The number of rotatable bonds is 3. The Morgan fingerprint density at radius 1 is 1.21 bits per heavy atom. The van der Waals surface area contributed by atoms with Crippen molar-refractivity contribution in [2.45, 2.75) is 0 Å². The molecule has 0 N–H and O–H groups in total. The van der Waals surface area contributed by atoms with Gasteiger partial charge in [0, 0.05) is 17.0 Å². The van der Waals surface area contributed by atoms with Gasteiger partial charge in [-0.25, -0.2) is 4.98 Å². The number of carbonyl (C=O) groups excluding carboxylic acids is 1. The van der Waals surface area contributed by atoms with E-state index in [9.17, 15) is 4.79 Å². The molecule has 0 radical (unpaired) electrons. The molecule has 0 spiro atoms. The number of amides is 1. The van der Waals surface area contributed by atoms with Crippen molar-refractivity contribution in [1.82, 2.24) is 4.98 Å². The van der Waals surface area contributed by atoms with Crippen LogP contribution in [-0.4, -0.2) is 18.0 Å². The molecule has 1 aliphatic rings. The lowest BCUT2D eigenvalue weighted by atomic mass is 10.1. The summed E-state index contributed by atoms with van der Waals surface area (Å²) >= 11 is 1.42. The Labute approximate surface area is 113 Å². The summed E-state index contributed by atoms with van der Waals surface area (Å²) in [6.07, 6.45) is 1.38. The summed E-state index contributed by atoms with van der Waals surface area (Å²) < 4.78 is 5.31. The smallest absolute Gasteiger partial charge is 0.290 e. The van der Waals surface area contributed by atoms with E-state index >= 15 is 0 Å². The molecule has 0 atom stereocenters. The average Bonchev–Trinajstić information content (AvgIpc) is 3.07. The summed E-state index contributed by atoms with van der Waals surface area (Å²) in [5, 5.41) is 9.82. The van der Waals surface area contributed by atoms with Crippen molar-refractivity contribution in [3.63, 3.8) is 0 Å². The molecule has 1 amide bonds. The quantitative estimate of drug-likeness (QED) is 0.861. The van der Waals surface area contributed by atoms with E-state index < -0.39 is 0 Å². The molecule has 0 saturated heterocycles. The van der Waals surface area contributed by atoms with Gasteiger partial charge in [-0.3, -0.25) is 4.79 Å². The molecule has 5 nitrogen and oxygen atoms in total. The normalized spacial score (nSPS) is 13.7. The SMILES string of the molecule is COc1ccccc1-c1csc(C2=CC(=O)N=N2)n1. The molecule has 0 unspecified atom stereocenters. The molecule has 1 aromatic carbocycles. The Hall–Kier alpha value is -2.34. The number of azo groups is 1. The molecule has 0 aliphatic carbocycles. The number of methoxy groups -OCH3 is 1. The summed E-state index contributed by atoms with van der Waals surface area (Å²) in [7, 11) is 1.62. The number of benzene rings is 1. The maximum Gasteiger partial charge on any atom is 0.290 e. The monoisotopic (exact) mass is 271 g/mol. The van der Waals surface area contributed by atoms with E-state index in [1.54, 1.807) is 7.11 Å². The van der Waals surface area contributed by atoms with Crippen LogP contribution in [0.1, 0.15) is 5.01 Å². The van der Waals surface area contributed by atoms with Crippen LogP contribution < -0.4 is 4.74 Å². The molecule has 3 rings (SSSR count). The van der Waals surface area contributed by atoms with Crippen molar-refractivity contribution in [3.05, 3.63) is 40.7 Å². The number of hydrogen-bond acceptors (Lipinski definition) is 5. The number of carbonyl (C=O) groups is 1. The van der Waals surface area contributed by atoms with Crippen LogP contribution in [0.4, 0.5) is 0 Å². The molecule has 2 heterocycles. The Bertz CT molecular complexity index is 703. The second kappa shape index (κ2) is 4.74. The van der Waals surface area contributed by atoms with Gasteiger partial charge in [0.25, 0.3) is 5.91 Å². The zero-order valence-electron chi connectivity index (χ0n) is 10.0. The number of thiazole rings is 1. The Balaban J connectivity index is 2.00. The van der Waals surface area contributed by atoms with E-state index in [4.69, 9.17) is 4.74 Å². The van der Waals surface area contributed by atoms with Crippen LogP contribution in [0.15, 0.2) is 46.0 Å². The fraction of sp³-hybridized carbons (Fsp3) is 0.0769. The van der Waals surface area contributed by atoms with Crippen molar-refractivity contribution in [3.8, 4) is 17.0 Å². The molecular formula is C13H9N3O2S. The highest BCUT2D eigenvalue weighted by Gasteiger charge is 2.16. The molecule has 0 bridgehead atoms. The van der Waals surface area contributed by atoms with Gasteiger partial charge in [-0.15, -0.1) is 21.6 Å². The van der Waals surface area contributed by atoms with E-state index in [0.29, 0.717) is 10.7 Å². The van der Waals surface area contributed by atoms with Crippen LogP contribution in [0.2, 0.25) is 0 Å². The number of para-hydroxylation sites is 1. The van der Waals surface area contributed by atoms with Crippen LogP contribution in [-0.2, 0) is 4.79 Å². The fourth-order valence-electron chi connectivity index (χ4n) is 1.75. The van der Waals surface area contributed by atoms with Crippen molar-refractivity contribution >= 4 is 22.9 Å². The number of nitrogens with zero attached hydrogens (tertiary/aromatic N) is 3. The second-order valence-corrected chi connectivity index (χ2v) is 4.66. The van der Waals surface area contributed by atoms with Gasteiger partial charge >= 0.3 is 0 Å². The minimum atomic E-state index is -0.343. The van der Waals surface area contributed by atoms with Gasteiger partial charge in [-0.05, 0) is 12.1 Å². The first-order chi connectivity index (χ1) is 9.28. The highest BCUT2D eigenvalue weighted by Crippen LogP contribution is 2.33. The highest BCUT2D eigenvalue weighted by atomic mass is 32.1. The molecule has 2 aromatic rings. The zero-order valence-corrected chi connectivity index (χ0v) is 10.8. The van der Waals surface area contributed by atoms with Crippen LogP contribution in [0.5, 0.6) is 5.75 Å². The maximum atomic E-state index is 11.0. The summed E-state index contributed by atoms with van der Waals surface area (Å²) in [5.41, 5.74) is 2.22. The van der Waals surface area contributed by atoms with Gasteiger partial charge in [0.15, 0.2) is 0 Å². The van der Waals surface area contributed by atoms with E-state index in [-0.39, 0.29) is 5.91 Å². The lowest BCUT2D eigenvalue weighted by Crippen LogP contribution is -1.88. The zero-order chi connectivity index (χ0) is 13.2. The van der Waals surface area contributed by atoms with Crippen LogP contribution in [0.25, 0.3) is 17.0 Å². The number of aromatic nitrogens is 1. The van der Waals surface area contributed by atoms with Crippen LogP contribution in [0, 0.1) is 0 Å². The minimum absolute atomic E-state index is 0.343. The molecule has 1 aromatic heterocycles. The topological polar surface area (TPSA) is 63.9 Å². The Morgan fingerprint density at radius 2 is 2.05 bits per heavy atom. The summed E-state index contributed by atoms with van der Waals surface area (Å²) in [6.45, 7) is 0. The van der Waals surface area contributed by atoms with Crippen molar-refractivity contribution in [2.75, 3.05) is 7.11 Å². The van der Waals surface area contributed by atoms with E-state index in [1.807, 2.05) is 29.6 Å². The summed E-state index contributed by atoms with van der Waals surface area (Å²) in [4.78, 5) is 15.5. The predicted molar refractivity (Wildman–Crippen MR) is 71.9 cm³/mol. The molecule has 0 fully saturated rings. The molecule has 6 heteroatoms. The maximum absolute atomic E-state index is 11.0. The summed E-state index contributed by atoms with van der Waals surface area (Å²) in [6, 6.07) is 7.65. The third kappa shape index (κ3) is 2.17. The number of hydrogen-bond donors (Lipinski definition) is 0. The molecule has 19 heavy (non-hydrogen) atoms. The molecule has 0 saturated carbocycles. The van der Waals surface area contributed by atoms with Crippen molar-refractivity contribution in [2.24, 2.45) is 10.2 Å². The van der Waals surface area contributed by atoms with E-state index in [1.165, 1.54) is 17.4 Å². The van der Waals surface area contributed by atoms with Gasteiger partial charge in [-0.2, -0.15) is 0 Å². The van der Waals surface area contributed by atoms with Crippen LogP contribution >= 0.6 is 11.3 Å². The summed E-state index contributed by atoms with van der Waals surface area (Å²) in [5.74, 6) is 0.418. The molecule has 1 aliphatic heterocycles. The minimum Gasteiger partial charge on any atom is -0.496 e. The van der Waals surface area contributed by atoms with Gasteiger partial charge < -0.3 is 4.74 Å². The largest absolute Gasteiger partial charge is 0.496 e. The van der Waals surface area contributed by atoms with Gasteiger partial charge in [0.05, 0.1) is 12.8 Å². The molecule has 94 valence electrons. The van der Waals surface area contributed by atoms with Gasteiger partial charge in [0.1, 0.15) is 16.5 Å². The van der Waals surface area contributed by atoms with E-state index in [0.717, 1.165) is 17.0 Å². The second-order valence-electron chi connectivity index (χ2n) is 3.81. The standard InChI is InChI=1S/C13H9N3O2S/c1-18-11-5-3-2-4-8(11)10-7-19-13(14-10)9-6-12(17)16-15-9/h2-7H,1H3. The lowest BCUT2D eigenvalue weighted by molar-refractivity contribution is -0.113. The van der Waals surface area contributed by atoms with Crippen LogP contribution in [0.3, 0.4) is 0 Å². The number of ether oxygens (including phenoxy) is 1. The van der Waals surface area contributed by atoms with Crippen molar-refractivity contribution < 1.29 is 9.53 Å². The first kappa shape index (κ1) is 11.7. The first-order valence-electron chi connectivity index (χ1n) is 5.54. The molecular weight excluding hydrogens is 262 g/mol. The Kier molecular flexibility index (Phi) is 2.92. The van der Waals surface area contributed by atoms with E-state index in [2.05, 4.69) is 15.2 Å². The van der Waals surface area contributed by atoms with Gasteiger partial charge in [-0.1, -0.05) is 12.1 Å². The van der Waals surface area contributed by atoms with Gasteiger partial charge in [0.2, 0.25) is 0 Å². The Morgan fingerprint density at radius 3 is 2.79 bits per heavy atom.